The Kier molecular flexibility index (Phi) is 3.64. The lowest BCUT2D eigenvalue weighted by molar-refractivity contribution is 0.287. The molecule has 0 aliphatic heterocycles. The van der Waals surface area contributed by atoms with Gasteiger partial charge < -0.3 is 10.5 Å². The Bertz CT molecular complexity index is 255. The fraction of sp³-hybridized carbons (Fsp3) is 0.556. The number of hydrogen-bond donors (Lipinski definition) is 1. The van der Waals surface area contributed by atoms with Crippen molar-refractivity contribution in [1.82, 2.24) is 9.97 Å². The summed E-state index contributed by atoms with van der Waals surface area (Å²) < 4.78 is 5.29. The van der Waals surface area contributed by atoms with Crippen molar-refractivity contribution < 1.29 is 4.74 Å². The second kappa shape index (κ2) is 4.77. The number of hydrogen-bond acceptors (Lipinski definition) is 4. The van der Waals surface area contributed by atoms with E-state index >= 15 is 0 Å². The second-order valence-corrected chi connectivity index (χ2v) is 2.79. The molecule has 0 spiro atoms. The van der Waals surface area contributed by atoms with Crippen LogP contribution in [0.15, 0.2) is 0 Å². The molecular formula is C9H14N3O. The average molecular weight is 180 g/mol. The first kappa shape index (κ1) is 9.92. The van der Waals surface area contributed by atoms with Crippen molar-refractivity contribution in [3.05, 3.63) is 17.5 Å². The summed E-state index contributed by atoms with van der Waals surface area (Å²) in [6.45, 7) is 4.92. The van der Waals surface area contributed by atoms with Crippen molar-refractivity contribution in [2.24, 2.45) is 5.73 Å². The summed E-state index contributed by atoms with van der Waals surface area (Å²) >= 11 is 0. The summed E-state index contributed by atoms with van der Waals surface area (Å²) in [5, 5.41) is 0. The Balaban J connectivity index is 2.56. The molecule has 71 valence electrons. The van der Waals surface area contributed by atoms with E-state index in [9.17, 15) is 0 Å². The summed E-state index contributed by atoms with van der Waals surface area (Å²) in [5.41, 5.74) is 6.93. The molecular weight excluding hydrogens is 166 g/mol. The van der Waals surface area contributed by atoms with Gasteiger partial charge in [0.25, 0.3) is 0 Å². The molecule has 0 aliphatic rings. The van der Waals surface area contributed by atoms with Gasteiger partial charge in [-0.15, -0.1) is 0 Å². The molecule has 4 heteroatoms. The van der Waals surface area contributed by atoms with E-state index in [-0.39, 0.29) is 0 Å². The standard InChI is InChI=1S/C9H14N3O/c1-7-6-8(2)12-9(11-7)13-5-3-4-10/h3-5,10H2,1-2H3. The van der Waals surface area contributed by atoms with Crippen LogP contribution < -0.4 is 10.5 Å². The van der Waals surface area contributed by atoms with E-state index in [0.717, 1.165) is 17.8 Å². The van der Waals surface area contributed by atoms with Gasteiger partial charge in [-0.2, -0.15) is 9.97 Å². The third-order valence-corrected chi connectivity index (χ3v) is 1.47. The minimum atomic E-state index is 0.419. The summed E-state index contributed by atoms with van der Waals surface area (Å²) in [4.78, 5) is 8.15. The first-order valence-corrected chi connectivity index (χ1v) is 4.30. The van der Waals surface area contributed by atoms with E-state index in [1.807, 2.05) is 13.8 Å². The van der Waals surface area contributed by atoms with Gasteiger partial charge in [-0.1, -0.05) is 0 Å². The van der Waals surface area contributed by atoms with Crippen LogP contribution in [-0.4, -0.2) is 23.1 Å². The topological polar surface area (TPSA) is 61.0 Å². The highest BCUT2D eigenvalue weighted by atomic mass is 16.5. The van der Waals surface area contributed by atoms with Gasteiger partial charge in [-0.25, -0.2) is 0 Å². The van der Waals surface area contributed by atoms with Crippen molar-refractivity contribution in [2.75, 3.05) is 13.2 Å². The Morgan fingerprint density at radius 3 is 2.46 bits per heavy atom. The number of aromatic nitrogens is 2. The van der Waals surface area contributed by atoms with Gasteiger partial charge in [0.1, 0.15) is 0 Å². The number of nitrogens with two attached hydrogens (primary N) is 1. The predicted molar refractivity (Wildman–Crippen MR) is 49.5 cm³/mol. The van der Waals surface area contributed by atoms with Crippen molar-refractivity contribution in [2.45, 2.75) is 20.3 Å². The molecule has 0 aliphatic carbocycles. The third-order valence-electron chi connectivity index (χ3n) is 1.47. The van der Waals surface area contributed by atoms with Crippen LogP contribution in [0.5, 0.6) is 6.01 Å². The monoisotopic (exact) mass is 180 g/mol. The lowest BCUT2D eigenvalue weighted by Crippen LogP contribution is -2.08. The van der Waals surface area contributed by atoms with E-state index in [4.69, 9.17) is 10.5 Å². The molecule has 1 radical (unpaired) electrons. The zero-order chi connectivity index (χ0) is 9.68. The number of ether oxygens (including phenoxy) is 1. The number of rotatable bonds is 4. The van der Waals surface area contributed by atoms with Crippen molar-refractivity contribution in [1.29, 1.82) is 0 Å². The molecule has 0 saturated carbocycles. The SMILES string of the molecule is Cc1[c]c(C)nc(OCCCN)n1. The third kappa shape index (κ3) is 3.38. The smallest absolute Gasteiger partial charge is 0.316 e. The Hall–Kier alpha value is -1.16. The lowest BCUT2D eigenvalue weighted by Gasteiger charge is -2.04. The molecule has 0 bridgehead atoms. The minimum Gasteiger partial charge on any atom is -0.463 e. The quantitative estimate of drug-likeness (QED) is 0.690. The van der Waals surface area contributed by atoms with Crippen LogP contribution in [0.2, 0.25) is 0 Å². The molecule has 2 N–H and O–H groups in total. The Morgan fingerprint density at radius 2 is 1.92 bits per heavy atom. The molecule has 0 amide bonds. The largest absolute Gasteiger partial charge is 0.463 e. The molecule has 1 rings (SSSR count). The zero-order valence-corrected chi connectivity index (χ0v) is 8.00. The van der Waals surface area contributed by atoms with Crippen LogP contribution in [0.3, 0.4) is 0 Å². The molecule has 0 saturated heterocycles. The average Bonchev–Trinajstić information content (AvgIpc) is 2.03. The summed E-state index contributed by atoms with van der Waals surface area (Å²) in [6.07, 6.45) is 0.820. The fourth-order valence-electron chi connectivity index (χ4n) is 0.941. The van der Waals surface area contributed by atoms with Gasteiger partial charge in [-0.3, -0.25) is 0 Å². The highest BCUT2D eigenvalue weighted by Crippen LogP contribution is 2.05. The Morgan fingerprint density at radius 1 is 1.31 bits per heavy atom. The minimum absolute atomic E-state index is 0.419. The van der Waals surface area contributed by atoms with Crippen LogP contribution in [-0.2, 0) is 0 Å². The second-order valence-electron chi connectivity index (χ2n) is 2.79. The van der Waals surface area contributed by atoms with E-state index in [0.29, 0.717) is 19.2 Å². The van der Waals surface area contributed by atoms with Gasteiger partial charge in [0.15, 0.2) is 0 Å². The predicted octanol–water partition coefficient (Wildman–Crippen LogP) is 0.621. The molecule has 0 fully saturated rings. The molecule has 4 nitrogen and oxygen atoms in total. The normalized spacial score (nSPS) is 10.1. The molecule has 1 aromatic heterocycles. The summed E-state index contributed by atoms with van der Waals surface area (Å²) in [5.74, 6) is 0. The highest BCUT2D eigenvalue weighted by molar-refractivity contribution is 5.08. The van der Waals surface area contributed by atoms with Gasteiger partial charge in [0.2, 0.25) is 0 Å². The van der Waals surface area contributed by atoms with E-state index in [1.165, 1.54) is 0 Å². The first-order chi connectivity index (χ1) is 6.22. The van der Waals surface area contributed by atoms with Crippen LogP contribution in [0, 0.1) is 19.9 Å². The molecule has 0 unspecified atom stereocenters. The summed E-state index contributed by atoms with van der Waals surface area (Å²) in [6, 6.07) is 3.39. The lowest BCUT2D eigenvalue weighted by atomic mass is 10.4. The maximum absolute atomic E-state index is 5.33. The fourth-order valence-corrected chi connectivity index (χ4v) is 0.941. The Labute approximate surface area is 78.1 Å². The van der Waals surface area contributed by atoms with Crippen molar-refractivity contribution >= 4 is 0 Å². The maximum Gasteiger partial charge on any atom is 0.316 e. The molecule has 0 aromatic carbocycles. The van der Waals surface area contributed by atoms with Crippen LogP contribution >= 0.6 is 0 Å². The first-order valence-electron chi connectivity index (χ1n) is 4.30. The molecule has 13 heavy (non-hydrogen) atoms. The summed E-state index contributed by atoms with van der Waals surface area (Å²) in [7, 11) is 0. The van der Waals surface area contributed by atoms with E-state index in [1.54, 1.807) is 0 Å². The van der Waals surface area contributed by atoms with E-state index < -0.39 is 0 Å². The van der Waals surface area contributed by atoms with Crippen molar-refractivity contribution in [3.63, 3.8) is 0 Å². The van der Waals surface area contributed by atoms with Crippen LogP contribution in [0.1, 0.15) is 17.8 Å². The molecule has 1 heterocycles. The van der Waals surface area contributed by atoms with Gasteiger partial charge in [0, 0.05) is 6.07 Å². The van der Waals surface area contributed by atoms with Gasteiger partial charge >= 0.3 is 6.01 Å². The molecule has 0 atom stereocenters. The zero-order valence-electron chi connectivity index (χ0n) is 8.00. The number of nitrogens with zero attached hydrogens (tertiary/aromatic N) is 2. The van der Waals surface area contributed by atoms with Gasteiger partial charge in [-0.05, 0) is 26.8 Å². The van der Waals surface area contributed by atoms with Crippen LogP contribution in [0.4, 0.5) is 0 Å². The number of aryl methyl sites for hydroxylation is 2. The maximum atomic E-state index is 5.33. The van der Waals surface area contributed by atoms with Gasteiger partial charge in [0.05, 0.1) is 18.0 Å². The van der Waals surface area contributed by atoms with Crippen LogP contribution in [0.25, 0.3) is 0 Å². The van der Waals surface area contributed by atoms with Crippen molar-refractivity contribution in [3.8, 4) is 6.01 Å². The van der Waals surface area contributed by atoms with E-state index in [2.05, 4.69) is 16.0 Å². The molecule has 1 aromatic rings. The highest BCUT2D eigenvalue weighted by Gasteiger charge is 1.99.